The van der Waals surface area contributed by atoms with Crippen molar-refractivity contribution < 1.29 is 0 Å². The normalized spacial score (nSPS) is 12.9. The largest absolute Gasteiger partial charge is 0.271 e. The summed E-state index contributed by atoms with van der Waals surface area (Å²) in [6, 6.07) is 8.23. The Morgan fingerprint density at radius 1 is 1.32 bits per heavy atom. The molecule has 1 aromatic heterocycles. The number of hydrogen-bond donors (Lipinski definition) is 2. The Morgan fingerprint density at radius 3 is 2.47 bits per heavy atom. The highest BCUT2D eigenvalue weighted by Gasteiger charge is 2.22. The SMILES string of the molecule is CC(C)n1ncc(Cl)c1C(NN)c1ccc(I)cc1. The van der Waals surface area contributed by atoms with Crippen LogP contribution in [0.3, 0.4) is 0 Å². The predicted octanol–water partition coefficient (Wildman–Crippen LogP) is 3.27. The Labute approximate surface area is 131 Å². The number of hydrazine groups is 1. The fourth-order valence-corrected chi connectivity index (χ4v) is 2.62. The molecule has 3 N–H and O–H groups in total. The van der Waals surface area contributed by atoms with Crippen molar-refractivity contribution in [1.29, 1.82) is 0 Å². The first kappa shape index (κ1) is 14.8. The van der Waals surface area contributed by atoms with Gasteiger partial charge in [0.05, 0.1) is 23.0 Å². The van der Waals surface area contributed by atoms with Gasteiger partial charge in [-0.15, -0.1) is 0 Å². The molecule has 1 atom stereocenters. The molecule has 1 heterocycles. The zero-order chi connectivity index (χ0) is 14.0. The van der Waals surface area contributed by atoms with Gasteiger partial charge in [-0.2, -0.15) is 5.10 Å². The molecule has 1 aromatic carbocycles. The van der Waals surface area contributed by atoms with Crippen LogP contribution in [0.2, 0.25) is 5.02 Å². The van der Waals surface area contributed by atoms with Gasteiger partial charge in [0.2, 0.25) is 0 Å². The van der Waals surface area contributed by atoms with Gasteiger partial charge in [0.15, 0.2) is 0 Å². The Kier molecular flexibility index (Phi) is 4.83. The summed E-state index contributed by atoms with van der Waals surface area (Å²) < 4.78 is 3.07. The zero-order valence-corrected chi connectivity index (χ0v) is 13.7. The molecule has 4 nitrogen and oxygen atoms in total. The van der Waals surface area contributed by atoms with E-state index in [4.69, 9.17) is 17.4 Å². The van der Waals surface area contributed by atoms with Crippen LogP contribution in [0, 0.1) is 3.57 Å². The van der Waals surface area contributed by atoms with Gasteiger partial charge < -0.3 is 0 Å². The van der Waals surface area contributed by atoms with Crippen LogP contribution in [0.5, 0.6) is 0 Å². The maximum Gasteiger partial charge on any atom is 0.0893 e. The van der Waals surface area contributed by atoms with Gasteiger partial charge in [0.25, 0.3) is 0 Å². The number of rotatable bonds is 4. The fraction of sp³-hybridized carbons (Fsp3) is 0.308. The summed E-state index contributed by atoms with van der Waals surface area (Å²) in [5, 5.41) is 4.94. The number of nitrogens with two attached hydrogens (primary N) is 1. The lowest BCUT2D eigenvalue weighted by molar-refractivity contribution is 0.476. The molecule has 0 spiro atoms. The first-order valence-electron chi connectivity index (χ1n) is 5.99. The third kappa shape index (κ3) is 3.10. The molecule has 0 aliphatic carbocycles. The second kappa shape index (κ2) is 6.21. The van der Waals surface area contributed by atoms with E-state index in [9.17, 15) is 0 Å². The molecule has 0 aliphatic rings. The molecule has 6 heteroatoms. The highest BCUT2D eigenvalue weighted by atomic mass is 127. The molecule has 0 aliphatic heterocycles. The highest BCUT2D eigenvalue weighted by molar-refractivity contribution is 14.1. The second-order valence-corrected chi connectivity index (χ2v) is 6.22. The Morgan fingerprint density at radius 2 is 1.95 bits per heavy atom. The standard InChI is InChI=1S/C13H16ClIN4/c1-8(2)19-13(11(14)7-17-19)12(18-16)9-3-5-10(15)6-4-9/h3-8,12,18H,16H2,1-2H3. The number of aromatic nitrogens is 2. The molecule has 0 saturated heterocycles. The van der Waals surface area contributed by atoms with Crippen LogP contribution in [-0.4, -0.2) is 9.78 Å². The lowest BCUT2D eigenvalue weighted by Crippen LogP contribution is -2.31. The Hall–Kier alpha value is -0.630. The molecule has 0 bridgehead atoms. The van der Waals surface area contributed by atoms with E-state index in [1.165, 1.54) is 3.57 Å². The lowest BCUT2D eigenvalue weighted by Gasteiger charge is -2.20. The van der Waals surface area contributed by atoms with E-state index >= 15 is 0 Å². The van der Waals surface area contributed by atoms with E-state index < -0.39 is 0 Å². The molecule has 0 amide bonds. The summed E-state index contributed by atoms with van der Waals surface area (Å²) in [4.78, 5) is 0. The quantitative estimate of drug-likeness (QED) is 0.478. The van der Waals surface area contributed by atoms with E-state index in [0.29, 0.717) is 5.02 Å². The van der Waals surface area contributed by atoms with Gasteiger partial charge >= 0.3 is 0 Å². The van der Waals surface area contributed by atoms with E-state index in [0.717, 1.165) is 11.3 Å². The summed E-state index contributed by atoms with van der Waals surface area (Å²) in [5.74, 6) is 5.72. The monoisotopic (exact) mass is 390 g/mol. The second-order valence-electron chi connectivity index (χ2n) is 4.57. The van der Waals surface area contributed by atoms with Crippen molar-refractivity contribution in [2.75, 3.05) is 0 Å². The Balaban J connectivity index is 2.47. The van der Waals surface area contributed by atoms with Crippen LogP contribution in [0.4, 0.5) is 0 Å². The summed E-state index contributed by atoms with van der Waals surface area (Å²) in [6.45, 7) is 4.13. The number of halogens is 2. The van der Waals surface area contributed by atoms with Gasteiger partial charge in [-0.05, 0) is 54.1 Å². The summed E-state index contributed by atoms with van der Waals surface area (Å²) >= 11 is 8.54. The van der Waals surface area contributed by atoms with Gasteiger partial charge in [-0.25, -0.2) is 5.43 Å². The van der Waals surface area contributed by atoms with Crippen molar-refractivity contribution in [3.05, 3.63) is 50.3 Å². The molecule has 1 unspecified atom stereocenters. The van der Waals surface area contributed by atoms with Crippen LogP contribution in [0.25, 0.3) is 0 Å². The lowest BCUT2D eigenvalue weighted by atomic mass is 10.0. The summed E-state index contributed by atoms with van der Waals surface area (Å²) in [7, 11) is 0. The molecule has 0 radical (unpaired) electrons. The van der Waals surface area contributed by atoms with Crippen molar-refractivity contribution in [1.82, 2.24) is 15.2 Å². The molecule has 2 aromatic rings. The number of benzene rings is 1. The fourth-order valence-electron chi connectivity index (χ4n) is 2.02. The Bertz CT molecular complexity index is 550. The van der Waals surface area contributed by atoms with Gasteiger partial charge in [0.1, 0.15) is 0 Å². The molecular formula is C13H16ClIN4. The van der Waals surface area contributed by atoms with Crippen LogP contribution < -0.4 is 11.3 Å². The molecule has 102 valence electrons. The number of nitrogens with one attached hydrogen (secondary N) is 1. The number of nitrogens with zero attached hydrogens (tertiary/aromatic N) is 2. The average molecular weight is 391 g/mol. The molecular weight excluding hydrogens is 375 g/mol. The summed E-state index contributed by atoms with van der Waals surface area (Å²) in [5.41, 5.74) is 4.78. The summed E-state index contributed by atoms with van der Waals surface area (Å²) in [6.07, 6.45) is 1.66. The van der Waals surface area contributed by atoms with Crippen LogP contribution in [-0.2, 0) is 0 Å². The third-order valence-corrected chi connectivity index (χ3v) is 3.93. The van der Waals surface area contributed by atoms with Crippen LogP contribution in [0.15, 0.2) is 30.5 Å². The minimum absolute atomic E-state index is 0.172. The van der Waals surface area contributed by atoms with E-state index in [2.05, 4.69) is 47.0 Å². The van der Waals surface area contributed by atoms with Crippen molar-refractivity contribution in [3.63, 3.8) is 0 Å². The van der Waals surface area contributed by atoms with E-state index in [-0.39, 0.29) is 12.1 Å². The van der Waals surface area contributed by atoms with Gasteiger partial charge in [0, 0.05) is 9.61 Å². The van der Waals surface area contributed by atoms with E-state index in [1.807, 2.05) is 28.9 Å². The minimum atomic E-state index is -0.172. The zero-order valence-electron chi connectivity index (χ0n) is 10.8. The first-order chi connectivity index (χ1) is 9.04. The molecule has 2 rings (SSSR count). The topological polar surface area (TPSA) is 55.9 Å². The number of hydrogen-bond acceptors (Lipinski definition) is 3. The van der Waals surface area contributed by atoms with Crippen molar-refractivity contribution in [2.45, 2.75) is 25.9 Å². The average Bonchev–Trinajstić information content (AvgIpc) is 2.75. The smallest absolute Gasteiger partial charge is 0.0893 e. The molecule has 19 heavy (non-hydrogen) atoms. The maximum atomic E-state index is 6.26. The highest BCUT2D eigenvalue weighted by Crippen LogP contribution is 2.29. The van der Waals surface area contributed by atoms with Crippen molar-refractivity contribution >= 4 is 34.2 Å². The molecule has 0 saturated carbocycles. The first-order valence-corrected chi connectivity index (χ1v) is 7.44. The van der Waals surface area contributed by atoms with Crippen LogP contribution in [0.1, 0.15) is 37.2 Å². The molecule has 0 fully saturated rings. The minimum Gasteiger partial charge on any atom is -0.271 e. The van der Waals surface area contributed by atoms with Crippen molar-refractivity contribution in [2.24, 2.45) is 5.84 Å². The van der Waals surface area contributed by atoms with Gasteiger partial charge in [-0.1, -0.05) is 23.7 Å². The van der Waals surface area contributed by atoms with E-state index in [1.54, 1.807) is 6.20 Å². The predicted molar refractivity (Wildman–Crippen MR) is 85.9 cm³/mol. The third-order valence-electron chi connectivity index (χ3n) is 2.92. The van der Waals surface area contributed by atoms with Gasteiger partial charge in [-0.3, -0.25) is 10.5 Å². The maximum absolute atomic E-state index is 6.26. The van der Waals surface area contributed by atoms with Crippen molar-refractivity contribution in [3.8, 4) is 0 Å². The van der Waals surface area contributed by atoms with Crippen LogP contribution >= 0.6 is 34.2 Å².